The normalized spacial score (nSPS) is 12.5. The summed E-state index contributed by atoms with van der Waals surface area (Å²) >= 11 is 0. The van der Waals surface area contributed by atoms with Crippen LogP contribution in [0.15, 0.2) is 12.5 Å². The van der Waals surface area contributed by atoms with Crippen LogP contribution in [0.3, 0.4) is 0 Å². The lowest BCUT2D eigenvalue weighted by Gasteiger charge is -2.04. The van der Waals surface area contributed by atoms with Crippen molar-refractivity contribution >= 4 is 5.91 Å². The van der Waals surface area contributed by atoms with Gasteiger partial charge in [-0.25, -0.2) is 4.98 Å². The molecule has 0 aliphatic carbocycles. The fraction of sp³-hybridized carbons (Fsp3) is 0.429. The lowest BCUT2D eigenvalue weighted by molar-refractivity contribution is 0.0919. The van der Waals surface area contributed by atoms with E-state index < -0.39 is 6.10 Å². The van der Waals surface area contributed by atoms with Crippen molar-refractivity contribution in [2.45, 2.75) is 13.0 Å². The summed E-state index contributed by atoms with van der Waals surface area (Å²) in [6.45, 7) is 1.85. The number of carbonyl (C=O) groups excluding carboxylic acids is 1. The molecule has 0 saturated heterocycles. The van der Waals surface area contributed by atoms with Gasteiger partial charge in [0.2, 0.25) is 0 Å². The van der Waals surface area contributed by atoms with Crippen LogP contribution in [0.2, 0.25) is 0 Å². The van der Waals surface area contributed by atoms with Crippen LogP contribution in [0.1, 0.15) is 17.4 Å². The van der Waals surface area contributed by atoms with Crippen LogP contribution in [0.25, 0.3) is 0 Å². The zero-order chi connectivity index (χ0) is 8.97. The molecule has 0 fully saturated rings. The Balaban J connectivity index is 2.40. The van der Waals surface area contributed by atoms with Crippen LogP contribution in [-0.4, -0.2) is 33.6 Å². The molecule has 66 valence electrons. The molecule has 0 aliphatic heterocycles. The predicted octanol–water partition coefficient (Wildman–Crippen LogP) is -0.480. The number of aliphatic hydroxyl groups is 1. The minimum Gasteiger partial charge on any atom is -0.392 e. The molecule has 1 unspecified atom stereocenters. The van der Waals surface area contributed by atoms with Crippen molar-refractivity contribution in [2.24, 2.45) is 0 Å². The maximum atomic E-state index is 11.1. The maximum absolute atomic E-state index is 11.1. The number of aromatic amines is 1. The first-order chi connectivity index (χ1) is 5.70. The van der Waals surface area contributed by atoms with Gasteiger partial charge in [0.1, 0.15) is 5.69 Å². The molecule has 1 atom stereocenters. The highest BCUT2D eigenvalue weighted by molar-refractivity contribution is 5.91. The van der Waals surface area contributed by atoms with Gasteiger partial charge in [-0.1, -0.05) is 0 Å². The van der Waals surface area contributed by atoms with Crippen LogP contribution < -0.4 is 5.32 Å². The monoisotopic (exact) mass is 169 g/mol. The lowest BCUT2D eigenvalue weighted by Crippen LogP contribution is -2.30. The Hall–Kier alpha value is -1.36. The van der Waals surface area contributed by atoms with Crippen LogP contribution >= 0.6 is 0 Å². The van der Waals surface area contributed by atoms with Crippen molar-refractivity contribution < 1.29 is 9.90 Å². The summed E-state index contributed by atoms with van der Waals surface area (Å²) in [5.74, 6) is -0.256. The molecule has 0 radical (unpaired) electrons. The van der Waals surface area contributed by atoms with Crippen LogP contribution in [-0.2, 0) is 0 Å². The van der Waals surface area contributed by atoms with Gasteiger partial charge >= 0.3 is 0 Å². The number of H-pyrrole nitrogens is 1. The first kappa shape index (κ1) is 8.73. The van der Waals surface area contributed by atoms with Crippen LogP contribution in [0.4, 0.5) is 0 Å². The molecule has 0 saturated carbocycles. The number of hydrogen-bond donors (Lipinski definition) is 3. The quantitative estimate of drug-likeness (QED) is 0.572. The van der Waals surface area contributed by atoms with E-state index in [1.165, 1.54) is 12.5 Å². The lowest BCUT2D eigenvalue weighted by atomic mass is 10.4. The van der Waals surface area contributed by atoms with E-state index in [2.05, 4.69) is 15.3 Å². The third-order valence-electron chi connectivity index (χ3n) is 1.30. The van der Waals surface area contributed by atoms with Crippen molar-refractivity contribution in [1.82, 2.24) is 15.3 Å². The molecule has 0 spiro atoms. The number of rotatable bonds is 3. The van der Waals surface area contributed by atoms with Crippen molar-refractivity contribution in [3.63, 3.8) is 0 Å². The summed E-state index contributed by atoms with van der Waals surface area (Å²) in [5.41, 5.74) is 0.399. The number of aliphatic hydroxyl groups excluding tert-OH is 1. The molecule has 1 aromatic heterocycles. The van der Waals surface area contributed by atoms with Gasteiger partial charge in [0.15, 0.2) is 0 Å². The second-order valence-electron chi connectivity index (χ2n) is 2.52. The molecule has 5 heteroatoms. The fourth-order valence-electron chi connectivity index (χ4n) is 0.716. The Morgan fingerprint density at radius 1 is 1.92 bits per heavy atom. The van der Waals surface area contributed by atoms with Crippen molar-refractivity contribution in [3.05, 3.63) is 18.2 Å². The van der Waals surface area contributed by atoms with Gasteiger partial charge in [0.25, 0.3) is 5.91 Å². The van der Waals surface area contributed by atoms with Gasteiger partial charge in [-0.2, -0.15) is 0 Å². The zero-order valence-electron chi connectivity index (χ0n) is 6.74. The smallest absolute Gasteiger partial charge is 0.269 e. The van der Waals surface area contributed by atoms with Gasteiger partial charge in [0.05, 0.1) is 18.6 Å². The van der Waals surface area contributed by atoms with Crippen molar-refractivity contribution in [2.75, 3.05) is 6.54 Å². The summed E-state index contributed by atoms with van der Waals surface area (Å²) in [6.07, 6.45) is 2.33. The van der Waals surface area contributed by atoms with Crippen LogP contribution in [0.5, 0.6) is 0 Å². The Morgan fingerprint density at radius 3 is 3.17 bits per heavy atom. The van der Waals surface area contributed by atoms with E-state index in [1.54, 1.807) is 6.92 Å². The largest absolute Gasteiger partial charge is 0.392 e. The van der Waals surface area contributed by atoms with Crippen molar-refractivity contribution in [3.8, 4) is 0 Å². The number of aromatic nitrogens is 2. The molecule has 1 aromatic rings. The number of nitrogens with one attached hydrogen (secondary N) is 2. The van der Waals surface area contributed by atoms with E-state index in [0.29, 0.717) is 5.69 Å². The SMILES string of the molecule is CC(O)CNC(=O)c1cnc[nH]1. The molecule has 5 nitrogen and oxygen atoms in total. The average Bonchev–Trinajstić information content (AvgIpc) is 2.51. The number of nitrogens with zero attached hydrogens (tertiary/aromatic N) is 1. The minimum absolute atomic E-state index is 0.248. The molecule has 0 aliphatic rings. The second kappa shape index (κ2) is 3.87. The Morgan fingerprint density at radius 2 is 2.67 bits per heavy atom. The third-order valence-corrected chi connectivity index (χ3v) is 1.30. The van der Waals surface area contributed by atoms with Gasteiger partial charge in [-0.05, 0) is 6.92 Å². The standard InChI is InChI=1S/C7H11N3O2/c1-5(11)2-9-7(12)6-3-8-4-10-6/h3-5,11H,2H2,1H3,(H,8,10)(H,9,12). The number of hydrogen-bond acceptors (Lipinski definition) is 3. The van der Waals surface area contributed by atoms with Gasteiger partial charge < -0.3 is 15.4 Å². The van der Waals surface area contributed by atoms with E-state index in [4.69, 9.17) is 5.11 Å². The first-order valence-corrected chi connectivity index (χ1v) is 3.65. The molecule has 0 aromatic carbocycles. The third kappa shape index (κ3) is 2.35. The average molecular weight is 169 g/mol. The molecule has 1 amide bonds. The summed E-state index contributed by atoms with van der Waals surface area (Å²) < 4.78 is 0. The van der Waals surface area contributed by atoms with Crippen molar-refractivity contribution in [1.29, 1.82) is 0 Å². The minimum atomic E-state index is -0.531. The number of amides is 1. The van der Waals surface area contributed by atoms with Gasteiger partial charge in [0, 0.05) is 6.54 Å². The molecule has 1 rings (SSSR count). The van der Waals surface area contributed by atoms with E-state index >= 15 is 0 Å². The molecule has 3 N–H and O–H groups in total. The van der Waals surface area contributed by atoms with E-state index in [0.717, 1.165) is 0 Å². The van der Waals surface area contributed by atoms with E-state index in [9.17, 15) is 4.79 Å². The molecule has 1 heterocycles. The summed E-state index contributed by atoms with van der Waals surface area (Å²) in [5, 5.41) is 11.4. The highest BCUT2D eigenvalue weighted by Crippen LogP contribution is 1.89. The second-order valence-corrected chi connectivity index (χ2v) is 2.52. The van der Waals surface area contributed by atoms with Crippen LogP contribution in [0, 0.1) is 0 Å². The number of imidazole rings is 1. The Labute approximate surface area is 69.8 Å². The molecular formula is C7H11N3O2. The maximum Gasteiger partial charge on any atom is 0.269 e. The number of carbonyl (C=O) groups is 1. The zero-order valence-corrected chi connectivity index (χ0v) is 6.74. The fourth-order valence-corrected chi connectivity index (χ4v) is 0.716. The van der Waals surface area contributed by atoms with E-state index in [-0.39, 0.29) is 12.5 Å². The highest BCUT2D eigenvalue weighted by atomic mass is 16.3. The van der Waals surface area contributed by atoms with Gasteiger partial charge in [-0.3, -0.25) is 4.79 Å². The predicted molar refractivity (Wildman–Crippen MR) is 42.6 cm³/mol. The summed E-state index contributed by atoms with van der Waals surface area (Å²) in [7, 11) is 0. The molecule has 0 bridgehead atoms. The highest BCUT2D eigenvalue weighted by Gasteiger charge is 2.06. The topological polar surface area (TPSA) is 78.0 Å². The van der Waals surface area contributed by atoms with E-state index in [1.807, 2.05) is 0 Å². The summed E-state index contributed by atoms with van der Waals surface area (Å²) in [4.78, 5) is 17.5. The molecular weight excluding hydrogens is 158 g/mol. The molecule has 12 heavy (non-hydrogen) atoms. The Kier molecular flexibility index (Phi) is 2.82. The van der Waals surface area contributed by atoms with Gasteiger partial charge in [-0.15, -0.1) is 0 Å². The first-order valence-electron chi connectivity index (χ1n) is 3.65. The summed E-state index contributed by atoms with van der Waals surface area (Å²) in [6, 6.07) is 0. The Bertz CT molecular complexity index is 243.